The van der Waals surface area contributed by atoms with Crippen molar-refractivity contribution in [3.05, 3.63) is 34.6 Å². The van der Waals surface area contributed by atoms with E-state index in [1.54, 1.807) is 24.3 Å². The molecule has 0 radical (unpaired) electrons. The third-order valence-corrected chi connectivity index (χ3v) is 5.44. The van der Waals surface area contributed by atoms with Gasteiger partial charge in [-0.2, -0.15) is 0 Å². The molecule has 0 aliphatic carbocycles. The third kappa shape index (κ3) is 5.21. The molecule has 9 nitrogen and oxygen atoms in total. The number of benzene rings is 1. The Labute approximate surface area is 171 Å². The smallest absolute Gasteiger partial charge is 0.262 e. The molecule has 1 N–H and O–H groups in total. The fourth-order valence-corrected chi connectivity index (χ4v) is 3.87. The highest BCUT2D eigenvalue weighted by Crippen LogP contribution is 2.17. The number of thioether (sulfide) groups is 1. The van der Waals surface area contributed by atoms with Crippen molar-refractivity contribution in [1.82, 2.24) is 19.8 Å². The molecule has 0 atom stereocenters. The number of imide groups is 1. The Morgan fingerprint density at radius 2 is 2.03 bits per heavy atom. The van der Waals surface area contributed by atoms with Crippen LogP contribution in [-0.2, 0) is 25.7 Å². The van der Waals surface area contributed by atoms with Gasteiger partial charge in [-0.15, -0.1) is 0 Å². The maximum atomic E-state index is 12.8. The van der Waals surface area contributed by atoms with Gasteiger partial charge in [0.25, 0.3) is 5.56 Å². The molecule has 29 heavy (non-hydrogen) atoms. The molecule has 1 fully saturated rings. The lowest BCUT2D eigenvalue weighted by molar-refractivity contribution is -0.135. The number of para-hydroxylation sites is 1. The highest BCUT2D eigenvalue weighted by Gasteiger charge is 2.23. The van der Waals surface area contributed by atoms with Gasteiger partial charge >= 0.3 is 0 Å². The molecular weight excluding hydrogens is 396 g/mol. The number of hydrogen-bond donors (Lipinski definition) is 1. The summed E-state index contributed by atoms with van der Waals surface area (Å²) < 4.78 is 6.53. The van der Waals surface area contributed by atoms with Gasteiger partial charge in [-0.3, -0.25) is 29.1 Å². The lowest BCUT2D eigenvalue weighted by atomic mass is 10.2. The van der Waals surface area contributed by atoms with E-state index in [-0.39, 0.29) is 23.8 Å². The minimum absolute atomic E-state index is 0.0792. The number of nitrogens with zero attached hydrogens (tertiary/aromatic N) is 3. The summed E-state index contributed by atoms with van der Waals surface area (Å²) in [6.45, 7) is 1.03. The number of fused-ring (bicyclic) bond motifs is 1. The van der Waals surface area contributed by atoms with Crippen LogP contribution in [0.4, 0.5) is 0 Å². The van der Waals surface area contributed by atoms with Crippen LogP contribution in [0.3, 0.4) is 0 Å². The van der Waals surface area contributed by atoms with Crippen molar-refractivity contribution in [1.29, 1.82) is 0 Å². The van der Waals surface area contributed by atoms with Gasteiger partial charge in [-0.1, -0.05) is 23.9 Å². The number of aromatic nitrogens is 2. The van der Waals surface area contributed by atoms with Crippen LogP contribution in [0.2, 0.25) is 0 Å². The zero-order valence-electron chi connectivity index (χ0n) is 16.1. The first-order valence-electron chi connectivity index (χ1n) is 9.21. The second-order valence-corrected chi connectivity index (χ2v) is 7.48. The Morgan fingerprint density at radius 1 is 1.24 bits per heavy atom. The third-order valence-electron chi connectivity index (χ3n) is 4.46. The number of methoxy groups -OCH3 is 1. The van der Waals surface area contributed by atoms with Crippen molar-refractivity contribution in [2.75, 3.05) is 32.6 Å². The molecule has 1 aromatic carbocycles. The van der Waals surface area contributed by atoms with Crippen LogP contribution >= 0.6 is 11.8 Å². The molecule has 3 amide bonds. The number of rotatable bonds is 8. The van der Waals surface area contributed by atoms with Crippen molar-refractivity contribution in [2.24, 2.45) is 0 Å². The van der Waals surface area contributed by atoms with Crippen LogP contribution < -0.4 is 10.9 Å². The highest BCUT2D eigenvalue weighted by atomic mass is 32.2. The molecule has 1 saturated heterocycles. The van der Waals surface area contributed by atoms with Gasteiger partial charge in [0.15, 0.2) is 5.16 Å². The molecule has 2 heterocycles. The van der Waals surface area contributed by atoms with Gasteiger partial charge in [-0.05, 0) is 18.6 Å². The maximum absolute atomic E-state index is 12.8. The van der Waals surface area contributed by atoms with Crippen LogP contribution in [0.5, 0.6) is 0 Å². The van der Waals surface area contributed by atoms with Crippen molar-refractivity contribution in [2.45, 2.75) is 24.5 Å². The Morgan fingerprint density at radius 3 is 2.76 bits per heavy atom. The average molecular weight is 418 g/mol. The largest absolute Gasteiger partial charge is 0.383 e. The molecule has 1 aliphatic rings. The summed E-state index contributed by atoms with van der Waals surface area (Å²) in [6, 6.07) is 6.99. The number of nitrogens with one attached hydrogen (secondary N) is 1. The minimum Gasteiger partial charge on any atom is -0.383 e. The van der Waals surface area contributed by atoms with Crippen molar-refractivity contribution < 1.29 is 19.1 Å². The Hall–Kier alpha value is -2.72. The molecule has 0 saturated carbocycles. The number of likely N-dealkylation sites (tertiary alicyclic amines) is 1. The summed E-state index contributed by atoms with van der Waals surface area (Å²) in [6.07, 6.45) is 1.16. The maximum Gasteiger partial charge on any atom is 0.262 e. The lowest BCUT2D eigenvalue weighted by Crippen LogP contribution is -2.41. The predicted octanol–water partition coefficient (Wildman–Crippen LogP) is 0.400. The van der Waals surface area contributed by atoms with Gasteiger partial charge in [0, 0.05) is 20.1 Å². The van der Waals surface area contributed by atoms with E-state index in [0.29, 0.717) is 42.2 Å². The van der Waals surface area contributed by atoms with Gasteiger partial charge in [0.1, 0.15) is 0 Å². The topological polar surface area (TPSA) is 111 Å². The van der Waals surface area contributed by atoms with Crippen molar-refractivity contribution in [3.63, 3.8) is 0 Å². The first-order valence-corrected chi connectivity index (χ1v) is 10.2. The summed E-state index contributed by atoms with van der Waals surface area (Å²) in [5, 5.41) is 3.15. The monoisotopic (exact) mass is 418 g/mol. The van der Waals surface area contributed by atoms with E-state index in [2.05, 4.69) is 10.3 Å². The quantitative estimate of drug-likeness (QED) is 0.488. The van der Waals surface area contributed by atoms with E-state index < -0.39 is 11.8 Å². The summed E-state index contributed by atoms with van der Waals surface area (Å²) in [7, 11) is 1.54. The summed E-state index contributed by atoms with van der Waals surface area (Å²) in [5.74, 6) is -1.19. The normalized spacial score (nSPS) is 13.8. The molecule has 154 valence electrons. The molecule has 0 unspecified atom stereocenters. The van der Waals surface area contributed by atoms with E-state index in [0.717, 1.165) is 18.2 Å². The summed E-state index contributed by atoms with van der Waals surface area (Å²) in [4.78, 5) is 54.4. The van der Waals surface area contributed by atoms with Crippen LogP contribution in [0.25, 0.3) is 10.9 Å². The fourth-order valence-electron chi connectivity index (χ4n) is 3.04. The predicted molar refractivity (Wildman–Crippen MR) is 108 cm³/mol. The molecule has 1 aliphatic heterocycles. The van der Waals surface area contributed by atoms with Crippen LogP contribution in [-0.4, -0.2) is 64.7 Å². The van der Waals surface area contributed by atoms with Gasteiger partial charge in [0.2, 0.25) is 17.7 Å². The van der Waals surface area contributed by atoms with E-state index >= 15 is 0 Å². The Kier molecular flexibility index (Phi) is 6.99. The Balaban J connectivity index is 1.67. The van der Waals surface area contributed by atoms with E-state index in [4.69, 9.17) is 4.74 Å². The Bertz CT molecular complexity index is 990. The molecule has 2 aromatic rings. The molecule has 0 bridgehead atoms. The summed E-state index contributed by atoms with van der Waals surface area (Å²) in [5.41, 5.74) is 0.330. The second kappa shape index (κ2) is 9.66. The molecule has 3 rings (SSSR count). The number of carbonyl (C=O) groups is 3. The number of ether oxygens (including phenoxy) is 1. The number of amides is 3. The van der Waals surface area contributed by atoms with Gasteiger partial charge < -0.3 is 9.64 Å². The number of carbonyl (C=O) groups excluding carboxylic acids is 3. The highest BCUT2D eigenvalue weighted by molar-refractivity contribution is 7.99. The fraction of sp³-hybridized carbons (Fsp3) is 0.421. The molecule has 10 heteroatoms. The standard InChI is InChI=1S/C19H22N4O5S/c1-28-10-9-23-18(27)13-5-2-3-6-14(13)20-19(23)29-12-16(25)21-15(24)11-22-8-4-7-17(22)26/h2-3,5-6H,4,7-12H2,1H3,(H,21,24,25). The van der Waals surface area contributed by atoms with Crippen LogP contribution in [0.15, 0.2) is 34.2 Å². The zero-order chi connectivity index (χ0) is 20.8. The first kappa shape index (κ1) is 21.0. The molecular formula is C19H22N4O5S. The van der Waals surface area contributed by atoms with Crippen LogP contribution in [0.1, 0.15) is 12.8 Å². The van der Waals surface area contributed by atoms with Crippen molar-refractivity contribution >= 4 is 40.4 Å². The summed E-state index contributed by atoms with van der Waals surface area (Å²) >= 11 is 1.07. The lowest BCUT2D eigenvalue weighted by Gasteiger charge is -2.15. The average Bonchev–Trinajstić information content (AvgIpc) is 3.10. The molecule has 0 spiro atoms. The van der Waals surface area contributed by atoms with E-state index in [1.165, 1.54) is 16.6 Å². The SMILES string of the molecule is COCCn1c(SCC(=O)NC(=O)CN2CCCC2=O)nc2ccccc2c1=O. The zero-order valence-corrected chi connectivity index (χ0v) is 16.9. The first-order chi connectivity index (χ1) is 14.0. The number of hydrogen-bond acceptors (Lipinski definition) is 7. The van der Waals surface area contributed by atoms with Crippen molar-refractivity contribution in [3.8, 4) is 0 Å². The van der Waals surface area contributed by atoms with Crippen LogP contribution in [0, 0.1) is 0 Å². The second-order valence-electron chi connectivity index (χ2n) is 6.54. The van der Waals surface area contributed by atoms with E-state index in [1.807, 2.05) is 0 Å². The minimum atomic E-state index is -0.519. The van der Waals surface area contributed by atoms with E-state index in [9.17, 15) is 19.2 Å². The van der Waals surface area contributed by atoms with Gasteiger partial charge in [0.05, 0.1) is 36.4 Å². The van der Waals surface area contributed by atoms with Gasteiger partial charge in [-0.25, -0.2) is 4.98 Å². The molecule has 1 aromatic heterocycles.